The molecule has 1 saturated heterocycles. The zero-order chi connectivity index (χ0) is 10.2. The third-order valence-electron chi connectivity index (χ3n) is 2.62. The lowest BCUT2D eigenvalue weighted by Crippen LogP contribution is -2.29. The summed E-state index contributed by atoms with van der Waals surface area (Å²) >= 11 is 0. The Morgan fingerprint density at radius 1 is 1.43 bits per heavy atom. The molecule has 14 heavy (non-hydrogen) atoms. The van der Waals surface area contributed by atoms with Gasteiger partial charge in [-0.3, -0.25) is 4.79 Å². The number of carbonyl (C=O) groups is 1. The number of esters is 1. The predicted molar refractivity (Wildman–Crippen MR) is 49.4 cm³/mol. The maximum atomic E-state index is 13.6. The monoisotopic (exact) mass is 194 g/mol. The first-order chi connectivity index (χ1) is 6.63. The largest absolute Gasteiger partial charge is 0.451 e. The second kappa shape index (κ2) is 3.08. The van der Waals surface area contributed by atoms with Crippen LogP contribution in [0.2, 0.25) is 0 Å². The lowest BCUT2D eigenvalue weighted by atomic mass is 9.91. The van der Waals surface area contributed by atoms with E-state index in [1.165, 1.54) is 0 Å². The first kappa shape index (κ1) is 9.19. The van der Waals surface area contributed by atoms with Gasteiger partial charge in [0.15, 0.2) is 11.8 Å². The summed E-state index contributed by atoms with van der Waals surface area (Å²) in [4.78, 5) is 11.0. The minimum Gasteiger partial charge on any atom is -0.451 e. The van der Waals surface area contributed by atoms with Crippen molar-refractivity contribution in [3.05, 3.63) is 35.9 Å². The topological polar surface area (TPSA) is 26.3 Å². The Bertz CT molecular complexity index is 350. The van der Waals surface area contributed by atoms with Crippen molar-refractivity contribution in [3.8, 4) is 0 Å². The van der Waals surface area contributed by atoms with Crippen molar-refractivity contribution in [2.24, 2.45) is 0 Å². The van der Waals surface area contributed by atoms with Crippen molar-refractivity contribution in [1.82, 2.24) is 0 Å². The van der Waals surface area contributed by atoms with Crippen LogP contribution in [-0.2, 0) is 15.1 Å². The Kier molecular flexibility index (Phi) is 2.02. The zero-order valence-corrected chi connectivity index (χ0v) is 7.87. The van der Waals surface area contributed by atoms with Crippen LogP contribution in [0.3, 0.4) is 0 Å². The highest BCUT2D eigenvalue weighted by Gasteiger charge is 2.47. The molecule has 0 radical (unpaired) electrons. The molecule has 3 heteroatoms. The average Bonchev–Trinajstić information content (AvgIpc) is 2.43. The fourth-order valence-corrected chi connectivity index (χ4v) is 1.69. The SMILES string of the molecule is CC1(c2ccccc2)OC(=O)CC1F. The van der Waals surface area contributed by atoms with Crippen molar-refractivity contribution < 1.29 is 13.9 Å². The van der Waals surface area contributed by atoms with Crippen LogP contribution in [0.25, 0.3) is 0 Å². The molecule has 1 aliphatic heterocycles. The third-order valence-corrected chi connectivity index (χ3v) is 2.62. The smallest absolute Gasteiger partial charge is 0.309 e. The van der Waals surface area contributed by atoms with E-state index in [-0.39, 0.29) is 6.42 Å². The molecule has 1 fully saturated rings. The summed E-state index contributed by atoms with van der Waals surface area (Å²) in [6, 6.07) is 8.99. The van der Waals surface area contributed by atoms with Gasteiger partial charge in [0.2, 0.25) is 0 Å². The quantitative estimate of drug-likeness (QED) is 0.640. The molecule has 0 bridgehead atoms. The molecule has 74 valence electrons. The fourth-order valence-electron chi connectivity index (χ4n) is 1.69. The molecule has 1 aromatic carbocycles. The molecule has 1 heterocycles. The predicted octanol–water partition coefficient (Wildman–Crippen LogP) is 2.19. The van der Waals surface area contributed by atoms with Gasteiger partial charge in [-0.25, -0.2) is 4.39 Å². The van der Waals surface area contributed by atoms with Gasteiger partial charge in [-0.15, -0.1) is 0 Å². The molecular formula is C11H11FO2. The Hall–Kier alpha value is -1.38. The van der Waals surface area contributed by atoms with Crippen LogP contribution in [0.5, 0.6) is 0 Å². The first-order valence-corrected chi connectivity index (χ1v) is 4.54. The van der Waals surface area contributed by atoms with Crippen molar-refractivity contribution >= 4 is 5.97 Å². The number of carbonyl (C=O) groups excluding carboxylic acids is 1. The number of benzene rings is 1. The van der Waals surface area contributed by atoms with E-state index < -0.39 is 17.7 Å². The minimum atomic E-state index is -1.25. The summed E-state index contributed by atoms with van der Waals surface area (Å²) < 4.78 is 18.6. The zero-order valence-electron chi connectivity index (χ0n) is 7.87. The fraction of sp³-hybridized carbons (Fsp3) is 0.364. The van der Waals surface area contributed by atoms with E-state index in [4.69, 9.17) is 4.74 Å². The maximum Gasteiger partial charge on any atom is 0.309 e. The van der Waals surface area contributed by atoms with Gasteiger partial charge in [-0.1, -0.05) is 30.3 Å². The Balaban J connectivity index is 2.38. The van der Waals surface area contributed by atoms with E-state index >= 15 is 0 Å². The van der Waals surface area contributed by atoms with Crippen LogP contribution in [0, 0.1) is 0 Å². The van der Waals surface area contributed by atoms with Crippen LogP contribution in [-0.4, -0.2) is 12.1 Å². The first-order valence-electron chi connectivity index (χ1n) is 4.54. The number of halogens is 1. The highest BCUT2D eigenvalue weighted by atomic mass is 19.1. The lowest BCUT2D eigenvalue weighted by molar-refractivity contribution is -0.149. The van der Waals surface area contributed by atoms with Gasteiger partial charge < -0.3 is 4.74 Å². The minimum absolute atomic E-state index is 0.147. The van der Waals surface area contributed by atoms with Crippen LogP contribution < -0.4 is 0 Å². The average molecular weight is 194 g/mol. The molecule has 0 aliphatic carbocycles. The number of ether oxygens (including phenoxy) is 1. The maximum absolute atomic E-state index is 13.6. The molecule has 0 N–H and O–H groups in total. The molecule has 2 atom stereocenters. The Morgan fingerprint density at radius 2 is 2.07 bits per heavy atom. The summed E-state index contributed by atoms with van der Waals surface area (Å²) in [5.74, 6) is -0.469. The summed E-state index contributed by atoms with van der Waals surface area (Å²) in [6.07, 6.45) is -1.40. The summed E-state index contributed by atoms with van der Waals surface area (Å²) in [5.41, 5.74) is -0.392. The van der Waals surface area contributed by atoms with Crippen LogP contribution in [0.15, 0.2) is 30.3 Å². The van der Waals surface area contributed by atoms with E-state index in [0.29, 0.717) is 5.56 Å². The molecule has 2 unspecified atom stereocenters. The van der Waals surface area contributed by atoms with Crippen LogP contribution >= 0.6 is 0 Å². The number of hydrogen-bond donors (Lipinski definition) is 0. The Morgan fingerprint density at radius 3 is 2.57 bits per heavy atom. The van der Waals surface area contributed by atoms with Crippen molar-refractivity contribution in [1.29, 1.82) is 0 Å². The molecule has 0 aromatic heterocycles. The van der Waals surface area contributed by atoms with Crippen molar-refractivity contribution in [3.63, 3.8) is 0 Å². The second-order valence-electron chi connectivity index (χ2n) is 3.62. The van der Waals surface area contributed by atoms with Gasteiger partial charge in [0.25, 0.3) is 0 Å². The number of alkyl halides is 1. The number of hydrogen-bond acceptors (Lipinski definition) is 2. The van der Waals surface area contributed by atoms with Gasteiger partial charge in [0, 0.05) is 0 Å². The molecule has 1 aromatic rings. The summed E-state index contributed by atoms with van der Waals surface area (Å²) in [7, 11) is 0. The highest BCUT2D eigenvalue weighted by molar-refractivity contribution is 5.73. The van der Waals surface area contributed by atoms with Gasteiger partial charge >= 0.3 is 5.97 Å². The van der Waals surface area contributed by atoms with Gasteiger partial charge in [-0.05, 0) is 12.5 Å². The van der Waals surface area contributed by atoms with Crippen molar-refractivity contribution in [2.45, 2.75) is 25.1 Å². The molecule has 0 saturated carbocycles. The lowest BCUT2D eigenvalue weighted by Gasteiger charge is -2.25. The van der Waals surface area contributed by atoms with E-state index in [9.17, 15) is 9.18 Å². The summed E-state index contributed by atoms with van der Waals surface area (Å²) in [6.45, 7) is 1.61. The molecule has 1 aliphatic rings. The standard InChI is InChI=1S/C11H11FO2/c1-11(8-5-3-2-4-6-8)9(12)7-10(13)14-11/h2-6,9H,7H2,1H3. The van der Waals surface area contributed by atoms with Crippen LogP contribution in [0.1, 0.15) is 18.9 Å². The Labute approximate surface area is 81.7 Å². The van der Waals surface area contributed by atoms with Gasteiger partial charge in [0.05, 0.1) is 6.42 Å². The molecule has 2 nitrogen and oxygen atoms in total. The normalized spacial score (nSPS) is 31.6. The van der Waals surface area contributed by atoms with Gasteiger partial charge in [0.1, 0.15) is 0 Å². The van der Waals surface area contributed by atoms with E-state index in [0.717, 1.165) is 0 Å². The van der Waals surface area contributed by atoms with Crippen molar-refractivity contribution in [2.75, 3.05) is 0 Å². The van der Waals surface area contributed by atoms with Crippen LogP contribution in [0.4, 0.5) is 4.39 Å². The summed E-state index contributed by atoms with van der Waals surface area (Å²) in [5, 5.41) is 0. The van der Waals surface area contributed by atoms with E-state index in [1.807, 2.05) is 6.07 Å². The van der Waals surface area contributed by atoms with E-state index in [2.05, 4.69) is 0 Å². The molecular weight excluding hydrogens is 183 g/mol. The third kappa shape index (κ3) is 1.29. The molecule has 0 amide bonds. The highest BCUT2D eigenvalue weighted by Crippen LogP contribution is 2.38. The number of rotatable bonds is 1. The van der Waals surface area contributed by atoms with E-state index in [1.54, 1.807) is 31.2 Å². The molecule has 2 rings (SSSR count). The number of cyclic esters (lactones) is 1. The van der Waals surface area contributed by atoms with Gasteiger partial charge in [-0.2, -0.15) is 0 Å². The second-order valence-corrected chi connectivity index (χ2v) is 3.62. The molecule has 0 spiro atoms.